The maximum absolute atomic E-state index is 8.13. The number of epoxide rings is 1. The SMILES string of the molecule is C=CCOCC1CO1.C=CCOCCO.CC. The van der Waals surface area contributed by atoms with Gasteiger partial charge in [-0.1, -0.05) is 26.0 Å². The van der Waals surface area contributed by atoms with Crippen LogP contribution in [0, 0.1) is 0 Å². The summed E-state index contributed by atoms with van der Waals surface area (Å²) in [7, 11) is 0. The Morgan fingerprint density at radius 1 is 1.24 bits per heavy atom. The van der Waals surface area contributed by atoms with Crippen molar-refractivity contribution in [1.29, 1.82) is 0 Å². The lowest BCUT2D eigenvalue weighted by Gasteiger charge is -1.92. The van der Waals surface area contributed by atoms with Gasteiger partial charge >= 0.3 is 0 Å². The maximum Gasteiger partial charge on any atom is 0.104 e. The van der Waals surface area contributed by atoms with Crippen LogP contribution in [-0.4, -0.2) is 50.9 Å². The van der Waals surface area contributed by atoms with E-state index >= 15 is 0 Å². The highest BCUT2D eigenvalue weighted by atomic mass is 16.6. The zero-order chi connectivity index (χ0) is 13.4. The zero-order valence-corrected chi connectivity index (χ0v) is 11.1. The molecule has 4 heteroatoms. The Kier molecular flexibility index (Phi) is 19.5. The van der Waals surface area contributed by atoms with E-state index in [0.717, 1.165) is 13.2 Å². The van der Waals surface area contributed by atoms with Gasteiger partial charge in [-0.15, -0.1) is 13.2 Å². The summed E-state index contributed by atoms with van der Waals surface area (Å²) in [6.07, 6.45) is 3.77. The molecule has 1 unspecified atom stereocenters. The number of aliphatic hydroxyl groups excluding tert-OH is 1. The molecule has 4 nitrogen and oxygen atoms in total. The summed E-state index contributed by atoms with van der Waals surface area (Å²) < 4.78 is 14.7. The molecule has 0 bridgehead atoms. The molecule has 0 aromatic heterocycles. The van der Waals surface area contributed by atoms with Crippen LogP contribution in [0.2, 0.25) is 0 Å². The van der Waals surface area contributed by atoms with Crippen molar-refractivity contribution >= 4 is 0 Å². The molecule has 102 valence electrons. The van der Waals surface area contributed by atoms with E-state index in [9.17, 15) is 0 Å². The summed E-state index contributed by atoms with van der Waals surface area (Å²) in [5, 5.41) is 8.13. The van der Waals surface area contributed by atoms with Gasteiger partial charge in [-0.3, -0.25) is 0 Å². The summed E-state index contributed by atoms with van der Waals surface area (Å²) in [6, 6.07) is 0. The Balaban J connectivity index is 0. The molecular formula is C13H26O4. The summed E-state index contributed by atoms with van der Waals surface area (Å²) in [5.74, 6) is 0. The van der Waals surface area contributed by atoms with Crippen LogP contribution in [0.1, 0.15) is 13.8 Å². The van der Waals surface area contributed by atoms with Gasteiger partial charge in [0.1, 0.15) is 6.10 Å². The first kappa shape index (κ1) is 18.7. The van der Waals surface area contributed by atoms with Crippen LogP contribution < -0.4 is 0 Å². The van der Waals surface area contributed by atoms with Crippen molar-refractivity contribution in [3.05, 3.63) is 25.3 Å². The van der Waals surface area contributed by atoms with Crippen molar-refractivity contribution < 1.29 is 19.3 Å². The highest BCUT2D eigenvalue weighted by Gasteiger charge is 2.21. The lowest BCUT2D eigenvalue weighted by Crippen LogP contribution is -2.00. The third-order valence-electron chi connectivity index (χ3n) is 1.41. The molecule has 1 aliphatic heterocycles. The molecular weight excluding hydrogens is 220 g/mol. The van der Waals surface area contributed by atoms with Crippen LogP contribution in [0.5, 0.6) is 0 Å². The molecule has 1 fully saturated rings. The summed E-state index contributed by atoms with van der Waals surface area (Å²) >= 11 is 0. The number of aliphatic hydroxyl groups is 1. The van der Waals surface area contributed by atoms with E-state index in [-0.39, 0.29) is 6.61 Å². The van der Waals surface area contributed by atoms with Crippen molar-refractivity contribution in [3.8, 4) is 0 Å². The third-order valence-corrected chi connectivity index (χ3v) is 1.41. The van der Waals surface area contributed by atoms with Crippen LogP contribution in [0.25, 0.3) is 0 Å². The molecule has 0 aromatic carbocycles. The largest absolute Gasteiger partial charge is 0.394 e. The van der Waals surface area contributed by atoms with Crippen molar-refractivity contribution in [2.75, 3.05) is 39.6 Å². The van der Waals surface area contributed by atoms with Gasteiger partial charge in [0, 0.05) is 0 Å². The van der Waals surface area contributed by atoms with Crippen LogP contribution in [0.3, 0.4) is 0 Å². The standard InChI is InChI=1S/C6H10O2.C5H10O2.C2H6/c1-2-3-7-4-6-5-8-6;1-2-4-7-5-3-6;1-2/h2,6H,1,3-5H2;2,6H,1,3-5H2;1-2H3. The minimum Gasteiger partial charge on any atom is -0.394 e. The fourth-order valence-corrected chi connectivity index (χ4v) is 0.678. The van der Waals surface area contributed by atoms with Crippen LogP contribution in [-0.2, 0) is 14.2 Å². The number of ether oxygens (including phenoxy) is 3. The van der Waals surface area contributed by atoms with Gasteiger partial charge in [-0.2, -0.15) is 0 Å². The van der Waals surface area contributed by atoms with Gasteiger partial charge in [0.05, 0.1) is 39.6 Å². The predicted octanol–water partition coefficient (Wildman–Crippen LogP) is 1.80. The molecule has 1 saturated heterocycles. The molecule has 0 saturated carbocycles. The second-order valence-electron chi connectivity index (χ2n) is 2.87. The Hall–Kier alpha value is -0.680. The first-order chi connectivity index (χ1) is 8.35. The molecule has 1 heterocycles. The maximum atomic E-state index is 8.13. The van der Waals surface area contributed by atoms with E-state index < -0.39 is 0 Å². The number of hydrogen-bond donors (Lipinski definition) is 1. The summed E-state index contributed by atoms with van der Waals surface area (Å²) in [6.45, 7) is 14.2. The first-order valence-electron chi connectivity index (χ1n) is 5.94. The second kappa shape index (κ2) is 17.7. The van der Waals surface area contributed by atoms with E-state index in [1.165, 1.54) is 0 Å². The fraction of sp³-hybridized carbons (Fsp3) is 0.692. The van der Waals surface area contributed by atoms with E-state index in [4.69, 9.17) is 19.3 Å². The quantitative estimate of drug-likeness (QED) is 0.403. The van der Waals surface area contributed by atoms with Crippen molar-refractivity contribution in [3.63, 3.8) is 0 Å². The summed E-state index contributed by atoms with van der Waals surface area (Å²) in [5.41, 5.74) is 0. The molecule has 1 N–H and O–H groups in total. The van der Waals surface area contributed by atoms with Crippen molar-refractivity contribution in [1.82, 2.24) is 0 Å². The van der Waals surface area contributed by atoms with Gasteiger partial charge in [0.2, 0.25) is 0 Å². The molecule has 0 radical (unpaired) electrons. The number of rotatable bonds is 8. The average Bonchev–Trinajstić information content (AvgIpc) is 3.18. The minimum absolute atomic E-state index is 0.0911. The van der Waals surface area contributed by atoms with Crippen molar-refractivity contribution in [2.24, 2.45) is 0 Å². The lowest BCUT2D eigenvalue weighted by atomic mass is 10.5. The summed E-state index contributed by atoms with van der Waals surface area (Å²) in [4.78, 5) is 0. The second-order valence-corrected chi connectivity index (χ2v) is 2.87. The predicted molar refractivity (Wildman–Crippen MR) is 70.2 cm³/mol. The Bertz CT molecular complexity index is 155. The Morgan fingerprint density at radius 3 is 2.18 bits per heavy atom. The molecule has 1 rings (SSSR count). The van der Waals surface area contributed by atoms with Gasteiger partial charge < -0.3 is 19.3 Å². The lowest BCUT2D eigenvalue weighted by molar-refractivity contribution is 0.112. The first-order valence-corrected chi connectivity index (χ1v) is 5.94. The van der Waals surface area contributed by atoms with Gasteiger partial charge in [0.15, 0.2) is 0 Å². The molecule has 1 atom stereocenters. The average molecular weight is 246 g/mol. The highest BCUT2D eigenvalue weighted by molar-refractivity contribution is 4.70. The van der Waals surface area contributed by atoms with Gasteiger partial charge in [-0.05, 0) is 0 Å². The van der Waals surface area contributed by atoms with Gasteiger partial charge in [0.25, 0.3) is 0 Å². The molecule has 1 aliphatic rings. The zero-order valence-electron chi connectivity index (χ0n) is 11.1. The van der Waals surface area contributed by atoms with E-state index in [0.29, 0.717) is 25.9 Å². The molecule has 17 heavy (non-hydrogen) atoms. The van der Waals surface area contributed by atoms with E-state index in [1.807, 2.05) is 13.8 Å². The Labute approximate surface area is 105 Å². The third kappa shape index (κ3) is 21.2. The van der Waals surface area contributed by atoms with Gasteiger partial charge in [-0.25, -0.2) is 0 Å². The highest BCUT2D eigenvalue weighted by Crippen LogP contribution is 2.07. The topological polar surface area (TPSA) is 51.2 Å². The molecule has 0 aliphatic carbocycles. The number of hydrogen-bond acceptors (Lipinski definition) is 4. The molecule has 0 spiro atoms. The van der Waals surface area contributed by atoms with E-state index in [2.05, 4.69) is 13.2 Å². The minimum atomic E-state index is 0.0911. The van der Waals surface area contributed by atoms with Crippen LogP contribution >= 0.6 is 0 Å². The fourth-order valence-electron chi connectivity index (χ4n) is 0.678. The monoisotopic (exact) mass is 246 g/mol. The van der Waals surface area contributed by atoms with Crippen LogP contribution in [0.15, 0.2) is 25.3 Å². The Morgan fingerprint density at radius 2 is 1.76 bits per heavy atom. The van der Waals surface area contributed by atoms with Crippen LogP contribution in [0.4, 0.5) is 0 Å². The molecule has 0 amide bonds. The smallest absolute Gasteiger partial charge is 0.104 e. The van der Waals surface area contributed by atoms with E-state index in [1.54, 1.807) is 12.2 Å². The normalized spacial score (nSPS) is 15.8. The molecule has 0 aromatic rings. The van der Waals surface area contributed by atoms with Crippen molar-refractivity contribution in [2.45, 2.75) is 20.0 Å².